The van der Waals surface area contributed by atoms with Crippen LogP contribution >= 0.6 is 11.3 Å². The largest absolute Gasteiger partial charge is 0.489 e. The van der Waals surface area contributed by atoms with E-state index in [1.165, 1.54) is 23.8 Å². The van der Waals surface area contributed by atoms with Gasteiger partial charge in [-0.05, 0) is 55.5 Å². The van der Waals surface area contributed by atoms with Crippen LogP contribution in [0.1, 0.15) is 31.9 Å². The predicted molar refractivity (Wildman–Crippen MR) is 117 cm³/mol. The van der Waals surface area contributed by atoms with E-state index in [1.54, 1.807) is 11.4 Å². The number of thiophene rings is 1. The van der Waals surface area contributed by atoms with Gasteiger partial charge in [-0.15, -0.1) is 11.3 Å². The Bertz CT molecular complexity index is 1150. The van der Waals surface area contributed by atoms with Crippen LogP contribution < -0.4 is 10.1 Å². The summed E-state index contributed by atoms with van der Waals surface area (Å²) in [7, 11) is 0. The van der Waals surface area contributed by atoms with E-state index in [1.807, 2.05) is 32.0 Å². The molecule has 0 spiro atoms. The third-order valence-corrected chi connectivity index (χ3v) is 5.74. The first kappa shape index (κ1) is 21.9. The lowest BCUT2D eigenvalue weighted by Crippen LogP contribution is -2.11. The van der Waals surface area contributed by atoms with Gasteiger partial charge in [0.2, 0.25) is 0 Å². The lowest BCUT2D eigenvalue weighted by Gasteiger charge is -2.07. The summed E-state index contributed by atoms with van der Waals surface area (Å²) in [5.74, 6) is 0.203. The van der Waals surface area contributed by atoms with Crippen molar-refractivity contribution in [3.8, 4) is 5.75 Å². The number of hydrogen-bond acceptors (Lipinski definition) is 7. The van der Waals surface area contributed by atoms with Gasteiger partial charge in [-0.25, -0.2) is 0 Å². The molecule has 1 heterocycles. The highest BCUT2D eigenvalue weighted by Gasteiger charge is 2.24. The predicted octanol–water partition coefficient (Wildman–Crippen LogP) is 5.32. The van der Waals surface area contributed by atoms with Crippen LogP contribution in [-0.2, 0) is 6.61 Å². The molecule has 0 aliphatic heterocycles. The molecule has 1 N–H and O–H groups in total. The Labute approximate surface area is 181 Å². The van der Waals surface area contributed by atoms with Crippen LogP contribution in [0.3, 0.4) is 0 Å². The fraction of sp³-hybridized carbons (Fsp3) is 0.190. The molecular weight excluding hydrogens is 422 g/mol. The number of nitrogens with one attached hydrogen (secondary N) is 1. The molecule has 0 aliphatic carbocycles. The number of anilines is 1. The molecule has 0 atom stereocenters. The highest BCUT2D eigenvalue weighted by Crippen LogP contribution is 2.32. The molecule has 3 rings (SSSR count). The summed E-state index contributed by atoms with van der Waals surface area (Å²) < 4.78 is 5.76. The Morgan fingerprint density at radius 3 is 2.23 bits per heavy atom. The average molecular weight is 441 g/mol. The highest BCUT2D eigenvalue weighted by atomic mass is 32.1. The van der Waals surface area contributed by atoms with Crippen molar-refractivity contribution < 1.29 is 19.4 Å². The van der Waals surface area contributed by atoms with E-state index in [9.17, 15) is 25.0 Å². The maximum atomic E-state index is 12.5. The van der Waals surface area contributed by atoms with Gasteiger partial charge in [-0.2, -0.15) is 0 Å². The van der Waals surface area contributed by atoms with Crippen LogP contribution in [0.4, 0.5) is 17.1 Å². The second kappa shape index (κ2) is 8.92. The molecular formula is C21H19N3O6S. The molecule has 2 aromatic carbocycles. The van der Waals surface area contributed by atoms with Crippen molar-refractivity contribution in [3.63, 3.8) is 0 Å². The molecule has 10 heteroatoms. The Kier molecular flexibility index (Phi) is 6.30. The summed E-state index contributed by atoms with van der Waals surface area (Å²) in [6.45, 7) is 5.58. The van der Waals surface area contributed by atoms with Crippen LogP contribution in [0, 0.1) is 41.0 Å². The monoisotopic (exact) mass is 441 g/mol. The summed E-state index contributed by atoms with van der Waals surface area (Å²) >= 11 is 1.18. The summed E-state index contributed by atoms with van der Waals surface area (Å²) in [4.78, 5) is 33.9. The molecule has 0 bridgehead atoms. The number of rotatable bonds is 7. The van der Waals surface area contributed by atoms with Crippen LogP contribution in [0.2, 0.25) is 0 Å². The van der Waals surface area contributed by atoms with Crippen LogP contribution in [-0.4, -0.2) is 15.8 Å². The normalized spacial score (nSPS) is 10.5. The molecule has 0 aliphatic rings. The number of carbonyl (C=O) groups is 1. The van der Waals surface area contributed by atoms with Crippen LogP contribution in [0.5, 0.6) is 5.75 Å². The zero-order chi connectivity index (χ0) is 22.7. The molecule has 160 valence electrons. The second-order valence-corrected chi connectivity index (χ2v) is 7.87. The van der Waals surface area contributed by atoms with E-state index in [-0.39, 0.29) is 17.9 Å². The fourth-order valence-electron chi connectivity index (χ4n) is 2.87. The first-order valence-electron chi connectivity index (χ1n) is 9.18. The summed E-state index contributed by atoms with van der Waals surface area (Å²) in [5, 5.41) is 26.7. The SMILES string of the molecule is Cc1ccc(OCc2csc(C(=O)Nc3cc([N+](=O)[O-])c(C)c([N+](=O)[O-])c3)c2)cc1C. The van der Waals surface area contributed by atoms with E-state index in [2.05, 4.69) is 5.32 Å². The van der Waals surface area contributed by atoms with Crippen molar-refractivity contribution in [1.82, 2.24) is 0 Å². The minimum Gasteiger partial charge on any atom is -0.489 e. The van der Waals surface area contributed by atoms with Gasteiger partial charge >= 0.3 is 0 Å². The van der Waals surface area contributed by atoms with Gasteiger partial charge in [0, 0.05) is 17.7 Å². The Balaban J connectivity index is 1.73. The molecule has 9 nitrogen and oxygen atoms in total. The number of nitro benzene ring substituents is 2. The molecule has 0 unspecified atom stereocenters. The minimum absolute atomic E-state index is 0.0182. The number of nitro groups is 2. The Morgan fingerprint density at radius 1 is 1.00 bits per heavy atom. The van der Waals surface area contributed by atoms with E-state index >= 15 is 0 Å². The first-order valence-corrected chi connectivity index (χ1v) is 10.1. The minimum atomic E-state index is -0.717. The maximum absolute atomic E-state index is 12.5. The maximum Gasteiger partial charge on any atom is 0.281 e. The van der Waals surface area contributed by atoms with E-state index in [0.29, 0.717) is 4.88 Å². The number of nitrogens with zero attached hydrogens (tertiary/aromatic N) is 2. The van der Waals surface area contributed by atoms with Crippen molar-refractivity contribution in [3.05, 3.63) is 89.1 Å². The number of carbonyl (C=O) groups excluding carboxylic acids is 1. The number of ether oxygens (including phenoxy) is 1. The molecule has 0 saturated carbocycles. The quantitative estimate of drug-likeness (QED) is 0.391. The van der Waals surface area contributed by atoms with Crippen molar-refractivity contribution in [2.75, 3.05) is 5.32 Å². The van der Waals surface area contributed by atoms with Gasteiger partial charge < -0.3 is 10.1 Å². The van der Waals surface area contributed by atoms with Crippen molar-refractivity contribution >= 4 is 34.3 Å². The van der Waals surface area contributed by atoms with Gasteiger partial charge in [0.1, 0.15) is 17.9 Å². The Hall–Kier alpha value is -3.79. The number of aryl methyl sites for hydroxylation is 2. The van der Waals surface area contributed by atoms with E-state index in [0.717, 1.165) is 29.0 Å². The van der Waals surface area contributed by atoms with Gasteiger partial charge in [0.15, 0.2) is 0 Å². The lowest BCUT2D eigenvalue weighted by molar-refractivity contribution is -0.395. The van der Waals surface area contributed by atoms with Crippen molar-refractivity contribution in [2.45, 2.75) is 27.4 Å². The standard InChI is InChI=1S/C21H19N3O6S/c1-12-4-5-17(6-13(12)2)30-10-15-7-20(31-11-15)21(25)22-16-8-18(23(26)27)14(3)19(9-16)24(28)29/h4-9,11H,10H2,1-3H3,(H,22,25). The van der Waals surface area contributed by atoms with Crippen LogP contribution in [0.15, 0.2) is 41.8 Å². The first-order chi connectivity index (χ1) is 14.7. The fourth-order valence-corrected chi connectivity index (χ4v) is 3.66. The molecule has 0 fully saturated rings. The third kappa shape index (κ3) is 5.04. The zero-order valence-electron chi connectivity index (χ0n) is 17.0. The summed E-state index contributed by atoms with van der Waals surface area (Å²) in [6.07, 6.45) is 0. The molecule has 1 aromatic heterocycles. The second-order valence-electron chi connectivity index (χ2n) is 6.96. The number of hydrogen-bond donors (Lipinski definition) is 1. The molecule has 3 aromatic rings. The van der Waals surface area contributed by atoms with Gasteiger partial charge in [-0.1, -0.05) is 6.07 Å². The molecule has 31 heavy (non-hydrogen) atoms. The number of benzene rings is 2. The van der Waals surface area contributed by atoms with E-state index in [4.69, 9.17) is 4.74 Å². The topological polar surface area (TPSA) is 125 Å². The van der Waals surface area contributed by atoms with Crippen molar-refractivity contribution in [1.29, 1.82) is 0 Å². The Morgan fingerprint density at radius 2 is 1.65 bits per heavy atom. The van der Waals surface area contributed by atoms with Gasteiger partial charge in [0.25, 0.3) is 17.3 Å². The smallest absolute Gasteiger partial charge is 0.281 e. The molecule has 1 amide bonds. The van der Waals surface area contributed by atoms with Gasteiger partial charge in [-0.3, -0.25) is 25.0 Å². The average Bonchev–Trinajstić information content (AvgIpc) is 3.19. The van der Waals surface area contributed by atoms with Crippen LogP contribution in [0.25, 0.3) is 0 Å². The third-order valence-electron chi connectivity index (χ3n) is 4.77. The summed E-state index contributed by atoms with van der Waals surface area (Å²) in [6, 6.07) is 9.65. The lowest BCUT2D eigenvalue weighted by atomic mass is 10.1. The zero-order valence-corrected chi connectivity index (χ0v) is 17.8. The molecule has 0 saturated heterocycles. The van der Waals surface area contributed by atoms with Crippen molar-refractivity contribution in [2.24, 2.45) is 0 Å². The van der Waals surface area contributed by atoms with E-state index < -0.39 is 27.1 Å². The van der Waals surface area contributed by atoms with Gasteiger partial charge in [0.05, 0.1) is 20.4 Å². The highest BCUT2D eigenvalue weighted by molar-refractivity contribution is 7.12. The number of amides is 1. The summed E-state index contributed by atoms with van der Waals surface area (Å²) in [5.41, 5.74) is 2.11. The molecule has 0 radical (unpaired) electrons.